The van der Waals surface area contributed by atoms with Crippen molar-refractivity contribution in [2.24, 2.45) is 0 Å². The van der Waals surface area contributed by atoms with E-state index >= 15 is 0 Å². The third-order valence-corrected chi connectivity index (χ3v) is 7.01. The third-order valence-electron chi connectivity index (χ3n) is 5.16. The molecule has 8 heteroatoms. The molecule has 7 nitrogen and oxygen atoms in total. The summed E-state index contributed by atoms with van der Waals surface area (Å²) in [5.74, 6) is 0.487. The summed E-state index contributed by atoms with van der Waals surface area (Å²) in [6, 6.07) is 14.2. The number of ether oxygens (including phenoxy) is 2. The maximum atomic E-state index is 12.7. The van der Waals surface area contributed by atoms with Crippen LogP contribution in [-0.2, 0) is 20.5 Å². The highest BCUT2D eigenvalue weighted by Crippen LogP contribution is 2.21. The largest absolute Gasteiger partial charge is 0.497 e. The van der Waals surface area contributed by atoms with Crippen LogP contribution < -0.4 is 10.1 Å². The lowest BCUT2D eigenvalue weighted by Gasteiger charge is -2.26. The van der Waals surface area contributed by atoms with Crippen LogP contribution in [-0.4, -0.2) is 52.0 Å². The summed E-state index contributed by atoms with van der Waals surface area (Å²) in [6.07, 6.45) is 0.744. The minimum absolute atomic E-state index is 0.0850. The first-order valence-electron chi connectivity index (χ1n) is 10.0. The molecule has 1 amide bonds. The molecule has 1 N–H and O–H groups in total. The Bertz CT molecular complexity index is 936. The second kappa shape index (κ2) is 10.1. The van der Waals surface area contributed by atoms with Gasteiger partial charge in [-0.15, -0.1) is 0 Å². The van der Waals surface area contributed by atoms with Crippen LogP contribution in [0.25, 0.3) is 0 Å². The molecule has 0 spiro atoms. The highest BCUT2D eigenvalue weighted by atomic mass is 32.2. The Morgan fingerprint density at radius 2 is 1.73 bits per heavy atom. The molecule has 0 saturated carbocycles. The Morgan fingerprint density at radius 3 is 2.30 bits per heavy atom. The minimum Gasteiger partial charge on any atom is -0.497 e. The summed E-state index contributed by atoms with van der Waals surface area (Å²) in [7, 11) is -1.78. The quantitative estimate of drug-likeness (QED) is 0.693. The first-order chi connectivity index (χ1) is 14.4. The summed E-state index contributed by atoms with van der Waals surface area (Å²) < 4.78 is 36.9. The van der Waals surface area contributed by atoms with E-state index < -0.39 is 10.0 Å². The lowest BCUT2D eigenvalue weighted by Crippen LogP contribution is -2.41. The van der Waals surface area contributed by atoms with Crippen molar-refractivity contribution in [1.29, 1.82) is 0 Å². The zero-order chi connectivity index (χ0) is 21.6. The Balaban J connectivity index is 1.63. The van der Waals surface area contributed by atoms with Gasteiger partial charge in [0, 0.05) is 18.7 Å². The molecule has 30 heavy (non-hydrogen) atoms. The molecule has 1 atom stereocenters. The molecule has 0 aliphatic carbocycles. The monoisotopic (exact) mass is 432 g/mol. The number of carbonyl (C=O) groups excluding carboxylic acids is 1. The topological polar surface area (TPSA) is 84.9 Å². The average molecular weight is 433 g/mol. The smallest absolute Gasteiger partial charge is 0.251 e. The summed E-state index contributed by atoms with van der Waals surface area (Å²) in [5, 5.41) is 3.04. The number of carbonyl (C=O) groups is 1. The molecule has 1 heterocycles. The van der Waals surface area contributed by atoms with Gasteiger partial charge >= 0.3 is 0 Å². The van der Waals surface area contributed by atoms with E-state index in [1.807, 2.05) is 31.2 Å². The number of nitrogens with zero attached hydrogens (tertiary/aromatic N) is 1. The van der Waals surface area contributed by atoms with Crippen molar-refractivity contribution in [3.63, 3.8) is 0 Å². The van der Waals surface area contributed by atoms with E-state index in [0.717, 1.165) is 17.7 Å². The number of rotatable bonds is 8. The van der Waals surface area contributed by atoms with Gasteiger partial charge in [0.2, 0.25) is 10.0 Å². The van der Waals surface area contributed by atoms with E-state index in [4.69, 9.17) is 9.47 Å². The van der Waals surface area contributed by atoms with E-state index in [1.165, 1.54) is 4.31 Å². The van der Waals surface area contributed by atoms with Gasteiger partial charge in [-0.2, -0.15) is 4.31 Å². The number of sulfonamides is 1. The fraction of sp³-hybridized carbons (Fsp3) is 0.409. The van der Waals surface area contributed by atoms with Crippen molar-refractivity contribution in [3.05, 3.63) is 65.2 Å². The lowest BCUT2D eigenvalue weighted by atomic mass is 10.0. The van der Waals surface area contributed by atoms with Crippen molar-refractivity contribution >= 4 is 15.9 Å². The van der Waals surface area contributed by atoms with E-state index in [-0.39, 0.29) is 17.7 Å². The number of benzene rings is 2. The van der Waals surface area contributed by atoms with Crippen LogP contribution >= 0.6 is 0 Å². The molecule has 1 fully saturated rings. The van der Waals surface area contributed by atoms with Gasteiger partial charge in [0.15, 0.2) is 0 Å². The first kappa shape index (κ1) is 22.3. The fourth-order valence-corrected chi connectivity index (χ4v) is 4.88. The summed E-state index contributed by atoms with van der Waals surface area (Å²) >= 11 is 0. The zero-order valence-corrected chi connectivity index (χ0v) is 18.2. The molecule has 0 radical (unpaired) electrons. The van der Waals surface area contributed by atoms with Crippen molar-refractivity contribution in [1.82, 2.24) is 9.62 Å². The number of hydrogen-bond acceptors (Lipinski definition) is 5. The summed E-state index contributed by atoms with van der Waals surface area (Å²) in [4.78, 5) is 12.7. The van der Waals surface area contributed by atoms with Gasteiger partial charge in [-0.1, -0.05) is 31.2 Å². The average Bonchev–Trinajstić information content (AvgIpc) is 2.78. The SMILES string of the molecule is CC[C@@H](NC(=O)c1ccc(CS(=O)(=O)N2CCOCC2)cc1)c1ccc(OC)cc1. The Morgan fingerprint density at radius 1 is 1.10 bits per heavy atom. The van der Waals surface area contributed by atoms with Crippen molar-refractivity contribution < 1.29 is 22.7 Å². The third kappa shape index (κ3) is 5.59. The molecule has 0 aromatic heterocycles. The zero-order valence-electron chi connectivity index (χ0n) is 17.3. The fourth-order valence-electron chi connectivity index (χ4n) is 3.38. The number of amides is 1. The van der Waals surface area contributed by atoms with E-state index in [2.05, 4.69) is 5.32 Å². The van der Waals surface area contributed by atoms with Crippen LogP contribution in [0.5, 0.6) is 5.75 Å². The number of hydrogen-bond donors (Lipinski definition) is 1. The van der Waals surface area contributed by atoms with Crippen LogP contribution in [0.2, 0.25) is 0 Å². The van der Waals surface area contributed by atoms with Crippen molar-refractivity contribution in [3.8, 4) is 5.75 Å². The number of methoxy groups -OCH3 is 1. The van der Waals surface area contributed by atoms with Crippen LogP contribution in [0, 0.1) is 0 Å². The van der Waals surface area contributed by atoms with E-state index in [9.17, 15) is 13.2 Å². The van der Waals surface area contributed by atoms with Crippen molar-refractivity contribution in [2.45, 2.75) is 25.1 Å². The van der Waals surface area contributed by atoms with Crippen LogP contribution in [0.3, 0.4) is 0 Å². The number of morpholine rings is 1. The van der Waals surface area contributed by atoms with Gasteiger partial charge in [0.1, 0.15) is 5.75 Å². The summed E-state index contributed by atoms with van der Waals surface area (Å²) in [5.41, 5.74) is 2.15. The highest BCUT2D eigenvalue weighted by Gasteiger charge is 2.24. The molecule has 0 unspecified atom stereocenters. The Kier molecular flexibility index (Phi) is 7.47. The van der Waals surface area contributed by atoms with E-state index in [1.54, 1.807) is 31.4 Å². The van der Waals surface area contributed by atoms with Gasteiger partial charge in [-0.25, -0.2) is 8.42 Å². The highest BCUT2D eigenvalue weighted by molar-refractivity contribution is 7.88. The molecule has 0 bridgehead atoms. The van der Waals surface area contributed by atoms with Crippen molar-refractivity contribution in [2.75, 3.05) is 33.4 Å². The normalized spacial score (nSPS) is 16.1. The van der Waals surface area contributed by atoms with Gasteiger partial charge in [0.05, 0.1) is 32.1 Å². The standard InChI is InChI=1S/C22H28N2O5S/c1-3-21(18-8-10-20(28-2)11-9-18)23-22(25)19-6-4-17(5-7-19)16-30(26,27)24-12-14-29-15-13-24/h4-11,21H,3,12-16H2,1-2H3,(H,23,25)/t21-/m1/s1. The molecule has 1 aliphatic rings. The van der Waals surface area contributed by atoms with Crippen LogP contribution in [0.1, 0.15) is 40.9 Å². The second-order valence-electron chi connectivity index (χ2n) is 7.17. The molecule has 162 valence electrons. The molecule has 2 aromatic rings. The van der Waals surface area contributed by atoms with Crippen LogP contribution in [0.4, 0.5) is 0 Å². The Hall–Kier alpha value is -2.42. The van der Waals surface area contributed by atoms with Crippen LogP contribution in [0.15, 0.2) is 48.5 Å². The second-order valence-corrected chi connectivity index (χ2v) is 9.14. The maximum Gasteiger partial charge on any atom is 0.251 e. The molecule has 1 saturated heterocycles. The Labute approximate surface area is 178 Å². The predicted octanol–water partition coefficient (Wildman–Crippen LogP) is 2.74. The molecule has 3 rings (SSSR count). The van der Waals surface area contributed by atoms with Gasteiger partial charge in [0.25, 0.3) is 5.91 Å². The molecule has 2 aromatic carbocycles. The molecule has 1 aliphatic heterocycles. The van der Waals surface area contributed by atoms with Gasteiger partial charge < -0.3 is 14.8 Å². The molecular formula is C22H28N2O5S. The van der Waals surface area contributed by atoms with Gasteiger partial charge in [-0.05, 0) is 41.8 Å². The maximum absolute atomic E-state index is 12.7. The summed E-state index contributed by atoms with van der Waals surface area (Å²) in [6.45, 7) is 3.62. The minimum atomic E-state index is -3.39. The first-order valence-corrected chi connectivity index (χ1v) is 11.6. The number of nitrogens with one attached hydrogen (secondary N) is 1. The van der Waals surface area contributed by atoms with E-state index in [0.29, 0.717) is 37.4 Å². The predicted molar refractivity (Wildman–Crippen MR) is 115 cm³/mol. The molecular weight excluding hydrogens is 404 g/mol. The lowest BCUT2D eigenvalue weighted by molar-refractivity contribution is 0.0729. The van der Waals surface area contributed by atoms with Gasteiger partial charge in [-0.3, -0.25) is 4.79 Å².